The van der Waals surface area contributed by atoms with E-state index in [4.69, 9.17) is 5.26 Å². The van der Waals surface area contributed by atoms with Crippen molar-refractivity contribution in [2.75, 3.05) is 13.1 Å². The van der Waals surface area contributed by atoms with E-state index in [0.717, 1.165) is 18.7 Å². The molecule has 0 aliphatic carbocycles. The van der Waals surface area contributed by atoms with Gasteiger partial charge in [-0.25, -0.2) is 4.39 Å². The molecular formula is C13H13FN2O. The first-order valence-electron chi connectivity index (χ1n) is 5.61. The molecule has 0 atom stereocenters. The predicted molar refractivity (Wildman–Crippen MR) is 60.6 cm³/mol. The summed E-state index contributed by atoms with van der Waals surface area (Å²) in [5.41, 5.74) is 0.993. The van der Waals surface area contributed by atoms with Gasteiger partial charge < -0.3 is 0 Å². The Morgan fingerprint density at radius 2 is 2.06 bits per heavy atom. The summed E-state index contributed by atoms with van der Waals surface area (Å²) in [5.74, 6) is -0.178. The summed E-state index contributed by atoms with van der Waals surface area (Å²) in [4.78, 5) is 13.2. The lowest BCUT2D eigenvalue weighted by Crippen LogP contribution is -2.33. The fourth-order valence-electron chi connectivity index (χ4n) is 1.98. The van der Waals surface area contributed by atoms with Crippen molar-refractivity contribution in [1.82, 2.24) is 4.90 Å². The third-order valence-corrected chi connectivity index (χ3v) is 2.97. The minimum atomic E-state index is -0.481. The lowest BCUT2D eigenvalue weighted by atomic mass is 10.1. The number of carbonyl (C=O) groups is 1. The van der Waals surface area contributed by atoms with Gasteiger partial charge in [0, 0.05) is 32.5 Å². The predicted octanol–water partition coefficient (Wildman–Crippen LogP) is 1.86. The summed E-state index contributed by atoms with van der Waals surface area (Å²) in [6.45, 7) is 2.17. The van der Waals surface area contributed by atoms with Crippen molar-refractivity contribution in [3.8, 4) is 6.07 Å². The molecule has 1 aliphatic heterocycles. The third kappa shape index (κ3) is 2.89. The molecule has 1 aromatic carbocycles. The van der Waals surface area contributed by atoms with Gasteiger partial charge in [-0.3, -0.25) is 9.69 Å². The molecule has 1 saturated heterocycles. The maximum absolute atomic E-state index is 13.1. The second-order valence-corrected chi connectivity index (χ2v) is 4.24. The Morgan fingerprint density at radius 3 is 2.71 bits per heavy atom. The lowest BCUT2D eigenvalue weighted by molar-refractivity contribution is -0.121. The van der Waals surface area contributed by atoms with Gasteiger partial charge in [-0.05, 0) is 17.7 Å². The first-order chi connectivity index (χ1) is 8.19. The van der Waals surface area contributed by atoms with E-state index in [1.807, 2.05) is 6.07 Å². The maximum Gasteiger partial charge on any atom is 0.140 e. The van der Waals surface area contributed by atoms with Crippen molar-refractivity contribution in [2.24, 2.45) is 0 Å². The molecule has 1 fully saturated rings. The minimum absolute atomic E-state index is 0.0792. The number of rotatable bonds is 2. The van der Waals surface area contributed by atoms with E-state index < -0.39 is 5.82 Å². The van der Waals surface area contributed by atoms with Gasteiger partial charge in [0.2, 0.25) is 0 Å². The van der Waals surface area contributed by atoms with Crippen LogP contribution in [0.15, 0.2) is 18.2 Å². The molecule has 0 unspecified atom stereocenters. The van der Waals surface area contributed by atoms with Crippen LogP contribution in [-0.2, 0) is 11.3 Å². The van der Waals surface area contributed by atoms with Crippen LogP contribution >= 0.6 is 0 Å². The fourth-order valence-corrected chi connectivity index (χ4v) is 1.98. The number of ketones is 1. The van der Waals surface area contributed by atoms with Gasteiger partial charge in [-0.15, -0.1) is 0 Å². The SMILES string of the molecule is N#Cc1cc(CN2CCC(=O)CC2)ccc1F. The van der Waals surface area contributed by atoms with E-state index in [1.54, 1.807) is 12.1 Å². The molecule has 2 rings (SSSR count). The van der Waals surface area contributed by atoms with Crippen LogP contribution in [0.1, 0.15) is 24.0 Å². The standard InChI is InChI=1S/C13H13FN2O/c14-13-2-1-10(7-11(13)8-15)9-16-5-3-12(17)4-6-16/h1-2,7H,3-6,9H2. The smallest absolute Gasteiger partial charge is 0.140 e. The first-order valence-corrected chi connectivity index (χ1v) is 5.61. The molecule has 1 aromatic rings. The van der Waals surface area contributed by atoms with Crippen LogP contribution in [0.5, 0.6) is 0 Å². The summed E-state index contributed by atoms with van der Waals surface area (Å²) in [6.07, 6.45) is 1.18. The van der Waals surface area contributed by atoms with Gasteiger partial charge in [-0.2, -0.15) is 5.26 Å². The number of halogens is 1. The quantitative estimate of drug-likeness (QED) is 0.781. The van der Waals surface area contributed by atoms with Crippen LogP contribution < -0.4 is 0 Å². The van der Waals surface area contributed by atoms with E-state index in [0.29, 0.717) is 25.2 Å². The molecule has 0 bridgehead atoms. The summed E-state index contributed by atoms with van der Waals surface area (Å²) >= 11 is 0. The van der Waals surface area contributed by atoms with Gasteiger partial charge in [0.05, 0.1) is 5.56 Å². The van der Waals surface area contributed by atoms with Crippen LogP contribution in [0.3, 0.4) is 0 Å². The Balaban J connectivity index is 2.04. The van der Waals surface area contributed by atoms with Gasteiger partial charge >= 0.3 is 0 Å². The average Bonchev–Trinajstić information content (AvgIpc) is 2.34. The molecule has 0 aromatic heterocycles. The molecule has 0 radical (unpaired) electrons. The number of hydrogen-bond acceptors (Lipinski definition) is 3. The zero-order chi connectivity index (χ0) is 12.3. The summed E-state index contributed by atoms with van der Waals surface area (Å²) in [6, 6.07) is 6.42. The highest BCUT2D eigenvalue weighted by molar-refractivity contribution is 5.79. The highest BCUT2D eigenvalue weighted by atomic mass is 19.1. The van der Waals surface area contributed by atoms with Crippen LogP contribution in [0.4, 0.5) is 4.39 Å². The monoisotopic (exact) mass is 232 g/mol. The number of hydrogen-bond donors (Lipinski definition) is 0. The van der Waals surface area contributed by atoms with Crippen LogP contribution in [0.25, 0.3) is 0 Å². The maximum atomic E-state index is 13.1. The zero-order valence-corrected chi connectivity index (χ0v) is 9.45. The number of Topliss-reactive ketones (excluding diaryl/α,β-unsaturated/α-hetero) is 1. The van der Waals surface area contributed by atoms with Crippen LogP contribution in [0, 0.1) is 17.1 Å². The fraction of sp³-hybridized carbons (Fsp3) is 0.385. The van der Waals surface area contributed by atoms with E-state index in [2.05, 4.69) is 4.90 Å². The van der Waals surface area contributed by atoms with Crippen LogP contribution in [-0.4, -0.2) is 23.8 Å². The number of nitrogens with zero attached hydrogens (tertiary/aromatic N) is 2. The first kappa shape index (κ1) is 11.7. The second-order valence-electron chi connectivity index (χ2n) is 4.24. The van der Waals surface area contributed by atoms with E-state index in [1.165, 1.54) is 6.07 Å². The molecule has 4 heteroatoms. The number of carbonyl (C=O) groups excluding carboxylic acids is 1. The van der Waals surface area contributed by atoms with Gasteiger partial charge in [0.15, 0.2) is 0 Å². The minimum Gasteiger partial charge on any atom is -0.300 e. The Bertz CT molecular complexity index is 469. The number of likely N-dealkylation sites (tertiary alicyclic amines) is 1. The van der Waals surface area contributed by atoms with Crippen molar-refractivity contribution in [3.63, 3.8) is 0 Å². The Hall–Kier alpha value is -1.73. The van der Waals surface area contributed by atoms with Crippen molar-refractivity contribution >= 4 is 5.78 Å². The molecule has 0 amide bonds. The molecule has 0 spiro atoms. The summed E-state index contributed by atoms with van der Waals surface area (Å²) in [5, 5.41) is 8.74. The van der Waals surface area contributed by atoms with Crippen molar-refractivity contribution in [1.29, 1.82) is 5.26 Å². The Labute approximate surface area is 99.5 Å². The normalized spacial score (nSPS) is 16.8. The largest absolute Gasteiger partial charge is 0.300 e. The van der Waals surface area contributed by atoms with E-state index >= 15 is 0 Å². The molecular weight excluding hydrogens is 219 g/mol. The van der Waals surface area contributed by atoms with Crippen LogP contribution in [0.2, 0.25) is 0 Å². The average molecular weight is 232 g/mol. The summed E-state index contributed by atoms with van der Waals surface area (Å²) in [7, 11) is 0. The highest BCUT2D eigenvalue weighted by Gasteiger charge is 2.16. The molecule has 0 N–H and O–H groups in total. The summed E-state index contributed by atoms with van der Waals surface area (Å²) < 4.78 is 13.1. The molecule has 0 saturated carbocycles. The third-order valence-electron chi connectivity index (χ3n) is 2.97. The molecule has 1 heterocycles. The Kier molecular flexibility index (Phi) is 3.50. The molecule has 17 heavy (non-hydrogen) atoms. The number of nitriles is 1. The van der Waals surface area contributed by atoms with Gasteiger partial charge in [0.25, 0.3) is 0 Å². The molecule has 1 aliphatic rings. The van der Waals surface area contributed by atoms with Crippen molar-refractivity contribution in [2.45, 2.75) is 19.4 Å². The highest BCUT2D eigenvalue weighted by Crippen LogP contribution is 2.14. The topological polar surface area (TPSA) is 44.1 Å². The van der Waals surface area contributed by atoms with Crippen molar-refractivity contribution in [3.05, 3.63) is 35.1 Å². The zero-order valence-electron chi connectivity index (χ0n) is 9.45. The number of piperidine rings is 1. The second kappa shape index (κ2) is 5.07. The Morgan fingerprint density at radius 1 is 1.35 bits per heavy atom. The molecule has 3 nitrogen and oxygen atoms in total. The van der Waals surface area contributed by atoms with Gasteiger partial charge in [-0.1, -0.05) is 6.07 Å². The number of benzene rings is 1. The lowest BCUT2D eigenvalue weighted by Gasteiger charge is -2.25. The van der Waals surface area contributed by atoms with E-state index in [-0.39, 0.29) is 5.56 Å². The van der Waals surface area contributed by atoms with Crippen molar-refractivity contribution < 1.29 is 9.18 Å². The van der Waals surface area contributed by atoms with E-state index in [9.17, 15) is 9.18 Å². The molecule has 88 valence electrons. The van der Waals surface area contributed by atoms with Gasteiger partial charge in [0.1, 0.15) is 17.7 Å².